The highest BCUT2D eigenvalue weighted by Crippen LogP contribution is 2.37. The fourth-order valence-corrected chi connectivity index (χ4v) is 2.20. The van der Waals surface area contributed by atoms with E-state index < -0.39 is 11.4 Å². The number of aromatic amines is 1. The molecule has 1 aromatic heterocycles. The van der Waals surface area contributed by atoms with Crippen LogP contribution in [0, 0.1) is 0 Å². The highest BCUT2D eigenvalue weighted by molar-refractivity contribution is 6.30. The number of ether oxygens (including phenoxy) is 1. The molecule has 2 heterocycles. The number of H-pyrrole nitrogens is 1. The summed E-state index contributed by atoms with van der Waals surface area (Å²) in [4.78, 5) is 11.4. The Kier molecular flexibility index (Phi) is 2.67. The Bertz CT molecular complexity index is 371. The molecule has 0 aliphatic carbocycles. The van der Waals surface area contributed by atoms with E-state index in [1.807, 2.05) is 0 Å². The van der Waals surface area contributed by atoms with E-state index >= 15 is 0 Å². The van der Waals surface area contributed by atoms with Crippen LogP contribution >= 0.6 is 11.6 Å². The summed E-state index contributed by atoms with van der Waals surface area (Å²) >= 11 is 5.88. The predicted octanol–water partition coefficient (Wildman–Crippen LogP) is 1.20. The van der Waals surface area contributed by atoms with Crippen molar-refractivity contribution in [1.82, 2.24) is 10.2 Å². The van der Waals surface area contributed by atoms with E-state index in [-0.39, 0.29) is 0 Å². The molecule has 1 aromatic rings. The van der Waals surface area contributed by atoms with Crippen molar-refractivity contribution in [3.63, 3.8) is 0 Å². The summed E-state index contributed by atoms with van der Waals surface area (Å²) in [5, 5.41) is 16.0. The third-order valence-electron chi connectivity index (χ3n) is 2.86. The van der Waals surface area contributed by atoms with E-state index in [2.05, 4.69) is 10.2 Å². The second-order valence-electron chi connectivity index (χ2n) is 3.60. The molecule has 1 fully saturated rings. The lowest BCUT2D eigenvalue weighted by molar-refractivity contribution is -0.147. The molecule has 2 rings (SSSR count). The maximum atomic E-state index is 11.4. The number of nitrogens with zero attached hydrogens (tertiary/aromatic N) is 1. The Morgan fingerprint density at radius 2 is 2.27 bits per heavy atom. The third kappa shape index (κ3) is 1.61. The first kappa shape index (κ1) is 10.4. The SMILES string of the molecule is O=C(O)C1(c2cn[nH]c2Cl)CCOCC1. The van der Waals surface area contributed by atoms with Gasteiger partial charge in [0.05, 0.1) is 6.20 Å². The standard InChI is InChI=1S/C9H11ClN2O3/c10-7-6(5-11-12-7)9(8(13)14)1-3-15-4-2-9/h5H,1-4H2,(H,11,12)(H,13,14). The molecule has 0 spiro atoms. The topological polar surface area (TPSA) is 75.2 Å². The molecule has 0 amide bonds. The largest absolute Gasteiger partial charge is 0.481 e. The van der Waals surface area contributed by atoms with Crippen LogP contribution in [0.1, 0.15) is 18.4 Å². The first-order chi connectivity index (χ1) is 7.17. The van der Waals surface area contributed by atoms with Gasteiger partial charge in [-0.3, -0.25) is 9.89 Å². The third-order valence-corrected chi connectivity index (χ3v) is 3.15. The van der Waals surface area contributed by atoms with E-state index in [1.165, 1.54) is 6.20 Å². The molecular weight excluding hydrogens is 220 g/mol. The van der Waals surface area contributed by atoms with Gasteiger partial charge in [-0.05, 0) is 12.8 Å². The number of aromatic nitrogens is 2. The van der Waals surface area contributed by atoms with Gasteiger partial charge in [0.25, 0.3) is 0 Å². The van der Waals surface area contributed by atoms with Crippen molar-refractivity contribution < 1.29 is 14.6 Å². The number of carboxylic acid groups (broad SMARTS) is 1. The summed E-state index contributed by atoms with van der Waals surface area (Å²) < 4.78 is 5.18. The molecule has 15 heavy (non-hydrogen) atoms. The van der Waals surface area contributed by atoms with Crippen LogP contribution in [0.2, 0.25) is 5.15 Å². The zero-order chi connectivity index (χ0) is 10.9. The van der Waals surface area contributed by atoms with Gasteiger partial charge in [-0.1, -0.05) is 11.6 Å². The molecule has 1 aliphatic rings. The van der Waals surface area contributed by atoms with Gasteiger partial charge in [-0.25, -0.2) is 0 Å². The van der Waals surface area contributed by atoms with E-state index in [1.54, 1.807) is 0 Å². The van der Waals surface area contributed by atoms with Gasteiger partial charge >= 0.3 is 5.97 Å². The van der Waals surface area contributed by atoms with Crippen molar-refractivity contribution in [3.05, 3.63) is 16.9 Å². The second kappa shape index (κ2) is 3.83. The number of aliphatic carboxylic acids is 1. The number of carboxylic acids is 1. The maximum Gasteiger partial charge on any atom is 0.314 e. The van der Waals surface area contributed by atoms with E-state index in [9.17, 15) is 9.90 Å². The Balaban J connectivity index is 2.42. The summed E-state index contributed by atoms with van der Waals surface area (Å²) in [6, 6.07) is 0. The molecule has 1 aliphatic heterocycles. The molecule has 0 bridgehead atoms. The van der Waals surface area contributed by atoms with Crippen LogP contribution in [-0.4, -0.2) is 34.5 Å². The average Bonchev–Trinajstić information content (AvgIpc) is 2.66. The minimum absolute atomic E-state index is 0.305. The molecule has 0 atom stereocenters. The number of hydrogen-bond acceptors (Lipinski definition) is 3. The van der Waals surface area contributed by atoms with Gasteiger partial charge in [0, 0.05) is 18.8 Å². The smallest absolute Gasteiger partial charge is 0.314 e. The molecule has 1 saturated heterocycles. The Morgan fingerprint density at radius 3 is 2.73 bits per heavy atom. The van der Waals surface area contributed by atoms with Crippen LogP contribution in [0.3, 0.4) is 0 Å². The minimum Gasteiger partial charge on any atom is -0.481 e. The number of nitrogens with one attached hydrogen (secondary N) is 1. The quantitative estimate of drug-likeness (QED) is 0.801. The zero-order valence-electron chi connectivity index (χ0n) is 7.99. The molecule has 0 radical (unpaired) electrons. The number of rotatable bonds is 2. The predicted molar refractivity (Wildman–Crippen MR) is 53.0 cm³/mol. The lowest BCUT2D eigenvalue weighted by atomic mass is 9.75. The van der Waals surface area contributed by atoms with E-state index in [0.29, 0.717) is 36.8 Å². The van der Waals surface area contributed by atoms with Gasteiger partial charge in [0.15, 0.2) is 0 Å². The van der Waals surface area contributed by atoms with E-state index in [4.69, 9.17) is 16.3 Å². The van der Waals surface area contributed by atoms with E-state index in [0.717, 1.165) is 0 Å². The number of halogens is 1. The highest BCUT2D eigenvalue weighted by Gasteiger charge is 2.44. The van der Waals surface area contributed by atoms with Gasteiger partial charge in [0.2, 0.25) is 0 Å². The first-order valence-electron chi connectivity index (χ1n) is 4.67. The number of carbonyl (C=O) groups is 1. The maximum absolute atomic E-state index is 11.4. The summed E-state index contributed by atoms with van der Waals surface area (Å²) in [5.41, 5.74) is -0.387. The summed E-state index contributed by atoms with van der Waals surface area (Å²) in [6.45, 7) is 0.877. The fourth-order valence-electron chi connectivity index (χ4n) is 1.92. The lowest BCUT2D eigenvalue weighted by Gasteiger charge is -2.32. The highest BCUT2D eigenvalue weighted by atomic mass is 35.5. The van der Waals surface area contributed by atoms with Crippen molar-refractivity contribution in [3.8, 4) is 0 Å². The summed E-state index contributed by atoms with van der Waals surface area (Å²) in [5.74, 6) is -0.867. The first-order valence-corrected chi connectivity index (χ1v) is 5.05. The van der Waals surface area contributed by atoms with Crippen molar-refractivity contribution in [2.45, 2.75) is 18.3 Å². The molecule has 82 valence electrons. The zero-order valence-corrected chi connectivity index (χ0v) is 8.75. The molecule has 0 aromatic carbocycles. The van der Waals surface area contributed by atoms with Gasteiger partial charge < -0.3 is 9.84 Å². The minimum atomic E-state index is -0.942. The van der Waals surface area contributed by atoms with Crippen LogP contribution in [0.25, 0.3) is 0 Å². The Hall–Kier alpha value is -1.07. The van der Waals surface area contributed by atoms with Crippen LogP contribution in [0.15, 0.2) is 6.20 Å². The summed E-state index contributed by atoms with van der Waals surface area (Å²) in [7, 11) is 0. The average molecular weight is 231 g/mol. The van der Waals surface area contributed by atoms with Gasteiger partial charge in [-0.15, -0.1) is 0 Å². The Morgan fingerprint density at radius 1 is 1.60 bits per heavy atom. The van der Waals surface area contributed by atoms with Crippen LogP contribution in [-0.2, 0) is 14.9 Å². The Labute approximate surface area is 91.4 Å². The molecule has 0 unspecified atom stereocenters. The molecule has 2 N–H and O–H groups in total. The van der Waals surface area contributed by atoms with Crippen LogP contribution in [0.4, 0.5) is 0 Å². The van der Waals surface area contributed by atoms with Crippen molar-refractivity contribution in [2.24, 2.45) is 0 Å². The van der Waals surface area contributed by atoms with Crippen LogP contribution in [0.5, 0.6) is 0 Å². The fraction of sp³-hybridized carbons (Fsp3) is 0.556. The van der Waals surface area contributed by atoms with Crippen LogP contribution < -0.4 is 0 Å². The van der Waals surface area contributed by atoms with Gasteiger partial charge in [0.1, 0.15) is 10.6 Å². The normalized spacial score (nSPS) is 20.1. The monoisotopic (exact) mass is 230 g/mol. The van der Waals surface area contributed by atoms with Gasteiger partial charge in [-0.2, -0.15) is 5.10 Å². The molecule has 0 saturated carbocycles. The van der Waals surface area contributed by atoms with Crippen molar-refractivity contribution >= 4 is 17.6 Å². The molecular formula is C9H11ClN2O3. The second-order valence-corrected chi connectivity index (χ2v) is 3.98. The summed E-state index contributed by atoms with van der Waals surface area (Å²) in [6.07, 6.45) is 2.35. The molecule has 6 heteroatoms. The lowest BCUT2D eigenvalue weighted by Crippen LogP contribution is -2.41. The van der Waals surface area contributed by atoms with Crippen molar-refractivity contribution in [2.75, 3.05) is 13.2 Å². The van der Waals surface area contributed by atoms with Crippen molar-refractivity contribution in [1.29, 1.82) is 0 Å². The number of hydrogen-bond donors (Lipinski definition) is 2. The molecule has 5 nitrogen and oxygen atoms in total.